The van der Waals surface area contributed by atoms with Crippen LogP contribution < -0.4 is 10.6 Å². The summed E-state index contributed by atoms with van der Waals surface area (Å²) in [5.41, 5.74) is 9.62. The third-order valence-electron chi connectivity index (χ3n) is 5.26. The number of carbonyl (C=O) groups is 2. The largest absolute Gasteiger partial charge is 0.383 e. The Morgan fingerprint density at radius 1 is 1.10 bits per heavy atom. The van der Waals surface area contributed by atoms with Crippen LogP contribution in [0.15, 0.2) is 23.2 Å². The number of nitrogens with zero attached hydrogens (tertiary/aromatic N) is 4. The molecule has 2 heterocycles. The first-order chi connectivity index (χ1) is 14.3. The summed E-state index contributed by atoms with van der Waals surface area (Å²) < 4.78 is 0. The number of nitrogens with two attached hydrogens (primary N) is 1. The molecule has 8 heteroatoms. The molecule has 1 aromatic carbocycles. The van der Waals surface area contributed by atoms with Crippen LogP contribution >= 0.6 is 11.8 Å². The van der Waals surface area contributed by atoms with Crippen molar-refractivity contribution in [3.8, 4) is 12.1 Å². The lowest BCUT2D eigenvalue weighted by atomic mass is 10.0. The standard InChI is InChI=1S/C22H19N5O2S/c1-11-5-12(2)7-14(6-11)27-18(28)8-17(22(27)29)30-21-16(10-24)19(13-3-4-13)15(9-23)20(25)26-21/h5-7,13,17H,3-4,8H2,1-2H3,(H2,25,26)/t17-/m0/s1. The van der Waals surface area contributed by atoms with Gasteiger partial charge in [-0.05, 0) is 61.4 Å². The quantitative estimate of drug-likeness (QED) is 0.757. The number of rotatable bonds is 4. The number of anilines is 2. The van der Waals surface area contributed by atoms with E-state index in [0.717, 1.165) is 35.7 Å². The number of thioether (sulfide) groups is 1. The lowest BCUT2D eigenvalue weighted by Crippen LogP contribution is -2.31. The van der Waals surface area contributed by atoms with Crippen LogP contribution in [0.4, 0.5) is 11.5 Å². The van der Waals surface area contributed by atoms with Gasteiger partial charge >= 0.3 is 0 Å². The second-order valence-electron chi connectivity index (χ2n) is 7.69. The maximum absolute atomic E-state index is 13.1. The molecule has 1 saturated carbocycles. The van der Waals surface area contributed by atoms with E-state index in [4.69, 9.17) is 5.73 Å². The van der Waals surface area contributed by atoms with Crippen LogP contribution in [0, 0.1) is 36.5 Å². The summed E-state index contributed by atoms with van der Waals surface area (Å²) in [4.78, 5) is 31.2. The Bertz CT molecular complexity index is 1150. The van der Waals surface area contributed by atoms with E-state index in [1.54, 1.807) is 12.1 Å². The number of pyridine rings is 1. The Balaban J connectivity index is 1.69. The topological polar surface area (TPSA) is 124 Å². The molecule has 7 nitrogen and oxygen atoms in total. The summed E-state index contributed by atoms with van der Waals surface area (Å²) in [5, 5.41) is 18.8. The van der Waals surface area contributed by atoms with Gasteiger partial charge in [-0.2, -0.15) is 10.5 Å². The number of carbonyl (C=O) groups excluding carboxylic acids is 2. The first kappa shape index (κ1) is 19.9. The summed E-state index contributed by atoms with van der Waals surface area (Å²) in [6, 6.07) is 9.79. The predicted octanol–water partition coefficient (Wildman–Crippen LogP) is 3.33. The zero-order valence-corrected chi connectivity index (χ0v) is 17.4. The maximum atomic E-state index is 13.1. The normalized spacial score (nSPS) is 18.4. The van der Waals surface area contributed by atoms with Crippen molar-refractivity contribution in [2.24, 2.45) is 0 Å². The van der Waals surface area contributed by atoms with Gasteiger partial charge in [0.2, 0.25) is 11.8 Å². The van der Waals surface area contributed by atoms with Crippen LogP contribution in [0.1, 0.15) is 53.0 Å². The van der Waals surface area contributed by atoms with E-state index in [-0.39, 0.29) is 35.5 Å². The van der Waals surface area contributed by atoms with E-state index in [1.165, 1.54) is 4.90 Å². The first-order valence-corrected chi connectivity index (χ1v) is 10.5. The molecule has 2 N–H and O–H groups in total. The minimum absolute atomic E-state index is 0.0156. The number of aryl methyl sites for hydroxylation is 2. The SMILES string of the molecule is Cc1cc(C)cc(N2C(=O)C[C@H](Sc3nc(N)c(C#N)c(C4CC4)c3C#N)C2=O)c1. The number of nitriles is 2. The van der Waals surface area contributed by atoms with Gasteiger partial charge in [0.15, 0.2) is 0 Å². The molecule has 1 saturated heterocycles. The molecule has 4 rings (SSSR count). The zero-order valence-electron chi connectivity index (χ0n) is 16.6. The summed E-state index contributed by atoms with van der Waals surface area (Å²) in [6.07, 6.45) is 1.79. The third kappa shape index (κ3) is 3.40. The fourth-order valence-electron chi connectivity index (χ4n) is 3.87. The van der Waals surface area contributed by atoms with Crippen molar-refractivity contribution >= 4 is 35.1 Å². The highest BCUT2D eigenvalue weighted by atomic mass is 32.2. The van der Waals surface area contributed by atoms with Gasteiger partial charge in [-0.25, -0.2) is 9.88 Å². The number of benzene rings is 1. The molecule has 30 heavy (non-hydrogen) atoms. The molecule has 1 aliphatic heterocycles. The second-order valence-corrected chi connectivity index (χ2v) is 8.88. The summed E-state index contributed by atoms with van der Waals surface area (Å²) in [6.45, 7) is 3.83. The summed E-state index contributed by atoms with van der Waals surface area (Å²) in [5.74, 6) is -0.447. The Morgan fingerprint density at radius 2 is 1.73 bits per heavy atom. The predicted molar refractivity (Wildman–Crippen MR) is 113 cm³/mol. The van der Waals surface area contributed by atoms with E-state index >= 15 is 0 Å². The minimum Gasteiger partial charge on any atom is -0.383 e. The van der Waals surface area contributed by atoms with Crippen LogP contribution in [0.5, 0.6) is 0 Å². The Kier molecular flexibility index (Phi) is 4.97. The molecule has 1 atom stereocenters. The van der Waals surface area contributed by atoms with Crippen molar-refractivity contribution in [3.63, 3.8) is 0 Å². The molecule has 0 unspecified atom stereocenters. The molecule has 0 radical (unpaired) electrons. The number of amides is 2. The van der Waals surface area contributed by atoms with Crippen LogP contribution in [0.25, 0.3) is 0 Å². The average molecular weight is 417 g/mol. The first-order valence-electron chi connectivity index (χ1n) is 9.59. The lowest BCUT2D eigenvalue weighted by Gasteiger charge is -2.17. The fraction of sp³-hybridized carbons (Fsp3) is 0.318. The number of hydrogen-bond donors (Lipinski definition) is 1. The fourth-order valence-corrected chi connectivity index (χ4v) is 5.00. The van der Waals surface area contributed by atoms with Gasteiger partial charge in [-0.3, -0.25) is 9.59 Å². The molecule has 150 valence electrons. The molecule has 2 amide bonds. The number of imide groups is 1. The van der Waals surface area contributed by atoms with Crippen LogP contribution in [-0.2, 0) is 9.59 Å². The Hall–Kier alpha value is -3.36. The molecular weight excluding hydrogens is 398 g/mol. The van der Waals surface area contributed by atoms with E-state index in [2.05, 4.69) is 17.1 Å². The molecular formula is C22H19N5O2S. The van der Waals surface area contributed by atoms with E-state index in [1.807, 2.05) is 19.9 Å². The molecule has 0 spiro atoms. The maximum Gasteiger partial charge on any atom is 0.247 e. The smallest absolute Gasteiger partial charge is 0.247 e. The van der Waals surface area contributed by atoms with Gasteiger partial charge in [0.05, 0.1) is 22.1 Å². The van der Waals surface area contributed by atoms with Gasteiger partial charge in [-0.1, -0.05) is 17.8 Å². The van der Waals surface area contributed by atoms with E-state index < -0.39 is 5.25 Å². The molecule has 2 aliphatic rings. The number of hydrogen-bond acceptors (Lipinski definition) is 7. The van der Waals surface area contributed by atoms with Gasteiger partial charge in [0.25, 0.3) is 0 Å². The van der Waals surface area contributed by atoms with Gasteiger partial charge in [0.1, 0.15) is 23.0 Å². The second kappa shape index (κ2) is 7.47. The van der Waals surface area contributed by atoms with Crippen molar-refractivity contribution in [1.29, 1.82) is 10.5 Å². The Morgan fingerprint density at radius 3 is 2.30 bits per heavy atom. The molecule has 2 fully saturated rings. The van der Waals surface area contributed by atoms with Crippen molar-refractivity contribution < 1.29 is 9.59 Å². The average Bonchev–Trinajstić information content (AvgIpc) is 3.47. The van der Waals surface area contributed by atoms with Gasteiger partial charge in [0, 0.05) is 6.42 Å². The van der Waals surface area contributed by atoms with Crippen LogP contribution in [-0.4, -0.2) is 22.0 Å². The number of nitrogen functional groups attached to an aromatic ring is 1. The minimum atomic E-state index is -0.697. The highest BCUT2D eigenvalue weighted by Gasteiger charge is 2.42. The van der Waals surface area contributed by atoms with Crippen molar-refractivity contribution in [2.75, 3.05) is 10.6 Å². The molecule has 0 bridgehead atoms. The van der Waals surface area contributed by atoms with E-state index in [0.29, 0.717) is 21.8 Å². The highest BCUT2D eigenvalue weighted by Crippen LogP contribution is 2.47. The van der Waals surface area contributed by atoms with Gasteiger partial charge < -0.3 is 5.73 Å². The monoisotopic (exact) mass is 417 g/mol. The summed E-state index contributed by atoms with van der Waals surface area (Å²) >= 11 is 1.08. The zero-order chi connectivity index (χ0) is 21.6. The summed E-state index contributed by atoms with van der Waals surface area (Å²) in [7, 11) is 0. The van der Waals surface area contributed by atoms with Crippen molar-refractivity contribution in [1.82, 2.24) is 4.98 Å². The van der Waals surface area contributed by atoms with Crippen LogP contribution in [0.3, 0.4) is 0 Å². The third-order valence-corrected chi connectivity index (χ3v) is 6.44. The molecule has 1 aliphatic carbocycles. The van der Waals surface area contributed by atoms with E-state index in [9.17, 15) is 20.1 Å². The number of aromatic nitrogens is 1. The van der Waals surface area contributed by atoms with Crippen molar-refractivity contribution in [3.05, 3.63) is 46.0 Å². The van der Waals surface area contributed by atoms with Crippen molar-refractivity contribution in [2.45, 2.75) is 49.3 Å². The lowest BCUT2D eigenvalue weighted by molar-refractivity contribution is -0.121. The Labute approximate surface area is 178 Å². The molecule has 1 aromatic heterocycles. The molecule has 2 aromatic rings. The highest BCUT2D eigenvalue weighted by molar-refractivity contribution is 8.00. The van der Waals surface area contributed by atoms with Gasteiger partial charge in [-0.15, -0.1) is 0 Å². The van der Waals surface area contributed by atoms with Crippen LogP contribution in [0.2, 0.25) is 0 Å².